The number of hydrogen-bond donors (Lipinski definition) is 3. The summed E-state index contributed by atoms with van der Waals surface area (Å²) in [6.45, 7) is 9.89. The van der Waals surface area contributed by atoms with Gasteiger partial charge in [0.05, 0.1) is 11.9 Å². The molecule has 0 bridgehead atoms. The van der Waals surface area contributed by atoms with Gasteiger partial charge in [-0.25, -0.2) is 14.8 Å². The number of rotatable bonds is 5. The molecule has 10 nitrogen and oxygen atoms in total. The van der Waals surface area contributed by atoms with Gasteiger partial charge in [-0.15, -0.1) is 0 Å². The lowest BCUT2D eigenvalue weighted by molar-refractivity contribution is -0.118. The first-order valence-corrected chi connectivity index (χ1v) is 12.4. The summed E-state index contributed by atoms with van der Waals surface area (Å²) >= 11 is 1.38. The van der Waals surface area contributed by atoms with Crippen LogP contribution in [-0.2, 0) is 9.53 Å². The van der Waals surface area contributed by atoms with Crippen molar-refractivity contribution in [3.63, 3.8) is 0 Å². The van der Waals surface area contributed by atoms with Crippen LogP contribution in [0.2, 0.25) is 0 Å². The molecule has 0 unspecified atom stereocenters. The highest BCUT2D eigenvalue weighted by atomic mass is 32.2. The highest BCUT2D eigenvalue weighted by molar-refractivity contribution is 7.99. The molecule has 0 atom stereocenters. The standard InChI is InChI=1S/C24H32N6O4S/c1-23(2,3)34-22(32)27-14-24(4)7-9-30(10-8-24)18-12-26-21(20(25)29-18)35-15-5-6-17-16(11-15)28-19(31)13-33-17/h5-6,11-12H,7-10,13-14H2,1-4H3,(H2,25,29)(H,27,32)(H,28,31). The Morgan fingerprint density at radius 2 is 2.09 bits per heavy atom. The maximum absolute atomic E-state index is 12.0. The van der Waals surface area contributed by atoms with Crippen LogP contribution < -0.4 is 26.0 Å². The number of piperidine rings is 1. The van der Waals surface area contributed by atoms with Crippen LogP contribution in [0.25, 0.3) is 0 Å². The average Bonchev–Trinajstić information content (AvgIpc) is 2.78. The van der Waals surface area contributed by atoms with E-state index >= 15 is 0 Å². The lowest BCUT2D eigenvalue weighted by Gasteiger charge is -2.40. The Kier molecular flexibility index (Phi) is 6.98. The third-order valence-corrected chi connectivity index (χ3v) is 6.90. The number of aromatic nitrogens is 2. The summed E-state index contributed by atoms with van der Waals surface area (Å²) in [4.78, 5) is 35.8. The molecule has 0 saturated carbocycles. The Balaban J connectivity index is 1.33. The number of nitrogen functional groups attached to an aromatic ring is 1. The highest BCUT2D eigenvalue weighted by Gasteiger charge is 2.32. The summed E-state index contributed by atoms with van der Waals surface area (Å²) in [6, 6.07) is 5.55. The van der Waals surface area contributed by atoms with Gasteiger partial charge in [-0.3, -0.25) is 4.79 Å². The summed E-state index contributed by atoms with van der Waals surface area (Å²) in [5, 5.41) is 6.30. The topological polar surface area (TPSA) is 132 Å². The fraction of sp³-hybridized carbons (Fsp3) is 0.500. The van der Waals surface area contributed by atoms with Crippen LogP contribution in [0.4, 0.5) is 22.1 Å². The van der Waals surface area contributed by atoms with Crippen molar-refractivity contribution in [1.82, 2.24) is 15.3 Å². The minimum Gasteiger partial charge on any atom is -0.482 e. The number of amides is 2. The number of alkyl carbamates (subject to hydrolysis) is 1. The second-order valence-corrected chi connectivity index (χ2v) is 11.2. The molecular formula is C24H32N6O4S. The fourth-order valence-corrected chi connectivity index (χ4v) is 4.69. The van der Waals surface area contributed by atoms with Crippen molar-refractivity contribution in [2.24, 2.45) is 5.41 Å². The Morgan fingerprint density at radius 3 is 2.77 bits per heavy atom. The van der Waals surface area contributed by atoms with Gasteiger partial charge in [-0.05, 0) is 57.2 Å². The van der Waals surface area contributed by atoms with Crippen LogP contribution in [-0.4, -0.2) is 53.8 Å². The summed E-state index contributed by atoms with van der Waals surface area (Å²) < 4.78 is 10.7. The van der Waals surface area contributed by atoms with Crippen LogP contribution >= 0.6 is 11.8 Å². The minimum absolute atomic E-state index is 0.0201. The smallest absolute Gasteiger partial charge is 0.407 e. The predicted octanol–water partition coefficient (Wildman–Crippen LogP) is 3.67. The van der Waals surface area contributed by atoms with Crippen molar-refractivity contribution in [3.8, 4) is 5.75 Å². The van der Waals surface area contributed by atoms with Crippen molar-refractivity contribution >= 4 is 41.1 Å². The van der Waals surface area contributed by atoms with E-state index in [2.05, 4.69) is 32.4 Å². The number of nitrogens with one attached hydrogen (secondary N) is 2. The van der Waals surface area contributed by atoms with Gasteiger partial charge in [0.2, 0.25) is 0 Å². The first-order chi connectivity index (χ1) is 16.5. The second-order valence-electron chi connectivity index (χ2n) is 10.2. The SMILES string of the molecule is CC1(CNC(=O)OC(C)(C)C)CCN(c2cnc(Sc3ccc4c(c3)NC(=O)CO4)c(N)n2)CC1. The predicted molar refractivity (Wildman–Crippen MR) is 135 cm³/mol. The van der Waals surface area contributed by atoms with E-state index in [1.54, 1.807) is 6.20 Å². The number of nitrogens with zero attached hydrogens (tertiary/aromatic N) is 3. The molecule has 35 heavy (non-hydrogen) atoms. The van der Waals surface area contributed by atoms with E-state index in [9.17, 15) is 9.59 Å². The van der Waals surface area contributed by atoms with E-state index in [1.807, 2.05) is 39.0 Å². The largest absolute Gasteiger partial charge is 0.482 e. The van der Waals surface area contributed by atoms with Crippen LogP contribution in [0, 0.1) is 5.41 Å². The van der Waals surface area contributed by atoms with E-state index in [0.717, 1.165) is 36.6 Å². The molecule has 1 saturated heterocycles. The molecule has 2 aliphatic rings. The van der Waals surface area contributed by atoms with Gasteiger partial charge in [0.1, 0.15) is 22.2 Å². The third kappa shape index (κ3) is 6.47. The van der Waals surface area contributed by atoms with E-state index in [4.69, 9.17) is 15.2 Å². The lowest BCUT2D eigenvalue weighted by Crippen LogP contribution is -2.46. The maximum atomic E-state index is 12.0. The van der Waals surface area contributed by atoms with Crippen molar-refractivity contribution in [2.75, 3.05) is 42.2 Å². The molecule has 11 heteroatoms. The number of benzene rings is 1. The number of carbonyl (C=O) groups is 2. The molecule has 2 amide bonds. The molecule has 2 aromatic rings. The molecule has 4 rings (SSSR count). The maximum Gasteiger partial charge on any atom is 0.407 e. The fourth-order valence-electron chi connectivity index (χ4n) is 3.90. The quantitative estimate of drug-likeness (QED) is 0.562. The Hall–Kier alpha value is -3.21. The summed E-state index contributed by atoms with van der Waals surface area (Å²) in [5.74, 6) is 1.55. The van der Waals surface area contributed by atoms with Gasteiger partial charge < -0.3 is 30.7 Å². The number of carbonyl (C=O) groups excluding carboxylic acids is 2. The Labute approximate surface area is 209 Å². The molecule has 2 aliphatic heterocycles. The van der Waals surface area contributed by atoms with Crippen LogP contribution in [0.1, 0.15) is 40.5 Å². The molecule has 4 N–H and O–H groups in total. The first kappa shape index (κ1) is 24.9. The zero-order chi connectivity index (χ0) is 25.2. The zero-order valence-corrected chi connectivity index (χ0v) is 21.3. The summed E-state index contributed by atoms with van der Waals surface area (Å²) in [5.41, 5.74) is 6.34. The number of fused-ring (bicyclic) bond motifs is 1. The van der Waals surface area contributed by atoms with Crippen molar-refractivity contribution in [3.05, 3.63) is 24.4 Å². The highest BCUT2D eigenvalue weighted by Crippen LogP contribution is 2.37. The monoisotopic (exact) mass is 500 g/mol. The number of nitrogens with two attached hydrogens (primary N) is 1. The van der Waals surface area contributed by atoms with Gasteiger partial charge in [0, 0.05) is 24.5 Å². The molecule has 0 aliphatic carbocycles. The number of ether oxygens (including phenoxy) is 2. The Bertz CT molecular complexity index is 1110. The van der Waals surface area contributed by atoms with Gasteiger partial charge in [-0.2, -0.15) is 0 Å². The van der Waals surface area contributed by atoms with E-state index < -0.39 is 5.60 Å². The molecule has 1 aromatic carbocycles. The second kappa shape index (κ2) is 9.80. The third-order valence-electron chi connectivity index (χ3n) is 5.90. The Morgan fingerprint density at radius 1 is 1.34 bits per heavy atom. The van der Waals surface area contributed by atoms with Gasteiger partial charge in [0.15, 0.2) is 12.4 Å². The van der Waals surface area contributed by atoms with Gasteiger partial charge in [0.25, 0.3) is 5.91 Å². The molecule has 3 heterocycles. The molecular weight excluding hydrogens is 468 g/mol. The van der Waals surface area contributed by atoms with Gasteiger partial charge >= 0.3 is 6.09 Å². The van der Waals surface area contributed by atoms with E-state index in [-0.39, 0.29) is 24.0 Å². The molecule has 0 spiro atoms. The molecule has 1 aromatic heterocycles. The minimum atomic E-state index is -0.512. The van der Waals surface area contributed by atoms with Crippen molar-refractivity contribution in [1.29, 1.82) is 0 Å². The van der Waals surface area contributed by atoms with Crippen LogP contribution in [0.5, 0.6) is 5.75 Å². The summed E-state index contributed by atoms with van der Waals surface area (Å²) in [7, 11) is 0. The van der Waals surface area contributed by atoms with Crippen molar-refractivity contribution < 1.29 is 19.1 Å². The molecule has 1 fully saturated rings. The van der Waals surface area contributed by atoms with E-state index in [0.29, 0.717) is 28.8 Å². The lowest BCUT2D eigenvalue weighted by atomic mass is 9.80. The van der Waals surface area contributed by atoms with Gasteiger partial charge in [-0.1, -0.05) is 18.7 Å². The van der Waals surface area contributed by atoms with Crippen LogP contribution in [0.15, 0.2) is 34.3 Å². The zero-order valence-electron chi connectivity index (χ0n) is 20.5. The summed E-state index contributed by atoms with van der Waals surface area (Å²) in [6.07, 6.45) is 3.14. The average molecular weight is 501 g/mol. The number of hydrogen-bond acceptors (Lipinski definition) is 9. The first-order valence-electron chi connectivity index (χ1n) is 11.6. The number of anilines is 3. The van der Waals surface area contributed by atoms with E-state index in [1.165, 1.54) is 11.8 Å². The molecule has 0 radical (unpaired) electrons. The normalized spacial score (nSPS) is 17.1. The molecule has 188 valence electrons. The van der Waals surface area contributed by atoms with Crippen LogP contribution in [0.3, 0.4) is 0 Å². The van der Waals surface area contributed by atoms with Crippen molar-refractivity contribution in [2.45, 2.75) is 56.1 Å².